The zero-order valence-electron chi connectivity index (χ0n) is 7.93. The van der Waals surface area contributed by atoms with Crippen LogP contribution < -0.4 is 0 Å². The molecule has 0 aromatic heterocycles. The van der Waals surface area contributed by atoms with Crippen molar-refractivity contribution >= 4 is 5.97 Å². The molecule has 0 aromatic rings. The Morgan fingerprint density at radius 1 is 1.50 bits per heavy atom. The van der Waals surface area contributed by atoms with E-state index in [1.807, 2.05) is 24.3 Å². The van der Waals surface area contributed by atoms with Crippen molar-refractivity contribution in [2.24, 2.45) is 17.3 Å². The van der Waals surface area contributed by atoms with E-state index in [4.69, 9.17) is 10.00 Å². The summed E-state index contributed by atoms with van der Waals surface area (Å²) >= 11 is 0. The van der Waals surface area contributed by atoms with Crippen molar-refractivity contribution in [3.8, 4) is 6.07 Å². The molecule has 0 aromatic carbocycles. The molecule has 0 saturated heterocycles. The first-order valence-electron chi connectivity index (χ1n) is 4.70. The average Bonchev–Trinajstić information content (AvgIpc) is 2.87. The molecule has 1 fully saturated rings. The number of nitrogens with zero attached hydrogens (tertiary/aromatic N) is 1. The van der Waals surface area contributed by atoms with E-state index >= 15 is 0 Å². The quantitative estimate of drug-likeness (QED) is 0.617. The van der Waals surface area contributed by atoms with Gasteiger partial charge >= 0.3 is 5.97 Å². The van der Waals surface area contributed by atoms with Crippen LogP contribution in [-0.4, -0.2) is 12.6 Å². The molecule has 0 amide bonds. The predicted octanol–water partition coefficient (Wildman–Crippen LogP) is 1.43. The Balaban J connectivity index is 2.24. The zero-order chi connectivity index (χ0) is 10.2. The molecular formula is C11H11NO2. The van der Waals surface area contributed by atoms with Crippen LogP contribution in [0.1, 0.15) is 6.92 Å². The van der Waals surface area contributed by atoms with E-state index in [0.29, 0.717) is 6.61 Å². The Kier molecular flexibility index (Phi) is 1.92. The van der Waals surface area contributed by atoms with Crippen LogP contribution >= 0.6 is 0 Å². The molecule has 72 valence electrons. The largest absolute Gasteiger partial charge is 0.465 e. The Bertz CT molecular complexity index is 344. The summed E-state index contributed by atoms with van der Waals surface area (Å²) in [4.78, 5) is 11.6. The molecule has 2 aliphatic rings. The van der Waals surface area contributed by atoms with Gasteiger partial charge in [-0.2, -0.15) is 5.26 Å². The van der Waals surface area contributed by atoms with Gasteiger partial charge in [0.15, 0.2) is 5.41 Å². The summed E-state index contributed by atoms with van der Waals surface area (Å²) in [6.07, 6.45) is 7.56. The number of rotatable bonds is 2. The molecule has 3 nitrogen and oxygen atoms in total. The van der Waals surface area contributed by atoms with Crippen LogP contribution in [0.3, 0.4) is 0 Å². The number of fused-ring (bicyclic) bond motifs is 1. The summed E-state index contributed by atoms with van der Waals surface area (Å²) < 4.78 is 4.92. The number of nitriles is 1. The maximum atomic E-state index is 11.6. The fraction of sp³-hybridized carbons (Fsp3) is 0.455. The molecule has 3 heteroatoms. The highest BCUT2D eigenvalue weighted by molar-refractivity contribution is 5.86. The maximum Gasteiger partial charge on any atom is 0.327 e. The number of allylic oxidation sites excluding steroid dienone is 4. The molecule has 0 heterocycles. The average molecular weight is 189 g/mol. The second-order valence-electron chi connectivity index (χ2n) is 3.52. The molecule has 0 N–H and O–H groups in total. The van der Waals surface area contributed by atoms with Crippen molar-refractivity contribution < 1.29 is 9.53 Å². The number of carbonyl (C=O) groups is 1. The Labute approximate surface area is 82.7 Å². The van der Waals surface area contributed by atoms with Crippen molar-refractivity contribution in [1.29, 1.82) is 5.26 Å². The smallest absolute Gasteiger partial charge is 0.327 e. The van der Waals surface area contributed by atoms with Crippen LogP contribution in [0.15, 0.2) is 24.3 Å². The van der Waals surface area contributed by atoms with Gasteiger partial charge in [-0.1, -0.05) is 24.3 Å². The molecular weight excluding hydrogens is 178 g/mol. The third-order valence-corrected chi connectivity index (χ3v) is 2.88. The lowest BCUT2D eigenvalue weighted by atomic mass is 10.1. The number of esters is 1. The summed E-state index contributed by atoms with van der Waals surface area (Å²) in [6.45, 7) is 2.08. The van der Waals surface area contributed by atoms with Crippen molar-refractivity contribution in [3.05, 3.63) is 24.3 Å². The van der Waals surface area contributed by atoms with Gasteiger partial charge < -0.3 is 4.74 Å². The summed E-state index contributed by atoms with van der Waals surface area (Å²) in [6, 6.07) is 2.10. The van der Waals surface area contributed by atoms with E-state index in [1.54, 1.807) is 6.92 Å². The zero-order valence-corrected chi connectivity index (χ0v) is 7.93. The van der Waals surface area contributed by atoms with Gasteiger partial charge in [0.1, 0.15) is 0 Å². The molecule has 0 spiro atoms. The number of ether oxygens (including phenoxy) is 1. The summed E-state index contributed by atoms with van der Waals surface area (Å²) in [7, 11) is 0. The van der Waals surface area contributed by atoms with Gasteiger partial charge in [-0.05, 0) is 6.92 Å². The highest BCUT2D eigenvalue weighted by Crippen LogP contribution is 2.61. The fourth-order valence-electron chi connectivity index (χ4n) is 2.07. The summed E-state index contributed by atoms with van der Waals surface area (Å²) in [5.41, 5.74) is -0.931. The minimum Gasteiger partial charge on any atom is -0.465 e. The first kappa shape index (κ1) is 9.01. The first-order chi connectivity index (χ1) is 6.77. The third kappa shape index (κ3) is 0.941. The van der Waals surface area contributed by atoms with Crippen LogP contribution in [0.2, 0.25) is 0 Å². The SMILES string of the molecule is CCOC(=O)C1(C#N)[C@@H]2C=CC=C[C@@H]21. The minimum absolute atomic E-state index is 0.0246. The van der Waals surface area contributed by atoms with Crippen LogP contribution in [0.25, 0.3) is 0 Å². The maximum absolute atomic E-state index is 11.6. The van der Waals surface area contributed by atoms with E-state index in [0.717, 1.165) is 0 Å². The molecule has 0 aliphatic heterocycles. The molecule has 3 atom stereocenters. The highest BCUT2D eigenvalue weighted by Gasteiger charge is 2.69. The van der Waals surface area contributed by atoms with Gasteiger partial charge in [-0.25, -0.2) is 0 Å². The van der Waals surface area contributed by atoms with Crippen molar-refractivity contribution in [3.63, 3.8) is 0 Å². The molecule has 14 heavy (non-hydrogen) atoms. The number of hydrogen-bond donors (Lipinski definition) is 0. The van der Waals surface area contributed by atoms with Crippen molar-refractivity contribution in [2.45, 2.75) is 6.92 Å². The fourth-order valence-corrected chi connectivity index (χ4v) is 2.07. The van der Waals surface area contributed by atoms with Gasteiger partial charge in [0.2, 0.25) is 0 Å². The van der Waals surface area contributed by atoms with Crippen molar-refractivity contribution in [1.82, 2.24) is 0 Å². The predicted molar refractivity (Wildman–Crippen MR) is 49.9 cm³/mol. The topological polar surface area (TPSA) is 50.1 Å². The lowest BCUT2D eigenvalue weighted by Gasteiger charge is -2.05. The second kappa shape index (κ2) is 2.98. The van der Waals surface area contributed by atoms with Gasteiger partial charge in [0.25, 0.3) is 0 Å². The Hall–Kier alpha value is -1.56. The third-order valence-electron chi connectivity index (χ3n) is 2.88. The normalized spacial score (nSPS) is 37.1. The van der Waals surface area contributed by atoms with E-state index in [1.165, 1.54) is 0 Å². The summed E-state index contributed by atoms with van der Waals surface area (Å²) in [5, 5.41) is 9.07. The molecule has 2 rings (SSSR count). The standard InChI is InChI=1S/C11H11NO2/c1-2-14-10(13)11(7-12)8-5-3-4-6-9(8)11/h3-6,8-9H,2H2,1H3/t8-,9+,11?. The monoisotopic (exact) mass is 189 g/mol. The molecule has 1 saturated carbocycles. The molecule has 0 bridgehead atoms. The molecule has 0 radical (unpaired) electrons. The lowest BCUT2D eigenvalue weighted by molar-refractivity contribution is -0.148. The van der Waals surface area contributed by atoms with Gasteiger partial charge in [-0.15, -0.1) is 0 Å². The number of carbonyl (C=O) groups excluding carboxylic acids is 1. The van der Waals surface area contributed by atoms with Crippen LogP contribution in [0.5, 0.6) is 0 Å². The van der Waals surface area contributed by atoms with Crippen molar-refractivity contribution in [2.75, 3.05) is 6.61 Å². The van der Waals surface area contributed by atoms with E-state index in [2.05, 4.69) is 6.07 Å². The summed E-state index contributed by atoms with van der Waals surface area (Å²) in [5.74, 6) is -0.332. The first-order valence-corrected chi connectivity index (χ1v) is 4.70. The lowest BCUT2D eigenvalue weighted by Crippen LogP contribution is -2.20. The van der Waals surface area contributed by atoms with Crippen LogP contribution in [-0.2, 0) is 9.53 Å². The minimum atomic E-state index is -0.931. The van der Waals surface area contributed by atoms with E-state index in [-0.39, 0.29) is 17.8 Å². The van der Waals surface area contributed by atoms with Gasteiger partial charge in [0.05, 0.1) is 12.7 Å². The Morgan fingerprint density at radius 3 is 2.50 bits per heavy atom. The van der Waals surface area contributed by atoms with E-state index < -0.39 is 5.41 Å². The second-order valence-corrected chi connectivity index (χ2v) is 3.52. The van der Waals surface area contributed by atoms with Gasteiger partial charge in [0, 0.05) is 11.8 Å². The van der Waals surface area contributed by atoms with Gasteiger partial charge in [-0.3, -0.25) is 4.79 Å². The van der Waals surface area contributed by atoms with Crippen LogP contribution in [0.4, 0.5) is 0 Å². The number of hydrogen-bond acceptors (Lipinski definition) is 3. The Morgan fingerprint density at radius 2 is 2.07 bits per heavy atom. The highest BCUT2D eigenvalue weighted by atomic mass is 16.5. The molecule has 2 aliphatic carbocycles. The molecule has 1 unspecified atom stereocenters. The van der Waals surface area contributed by atoms with Crippen LogP contribution in [0, 0.1) is 28.6 Å². The van der Waals surface area contributed by atoms with E-state index in [9.17, 15) is 4.79 Å².